The molecule has 0 fully saturated rings. The van der Waals surface area contributed by atoms with Crippen molar-refractivity contribution in [2.45, 2.75) is 12.4 Å². The molecule has 1 aromatic carbocycles. The molecule has 2 heterocycles. The van der Waals surface area contributed by atoms with Crippen LogP contribution >= 0.6 is 0 Å². The minimum absolute atomic E-state index is 0.0442. The smallest absolute Gasteiger partial charge is 0.281 e. The highest BCUT2D eigenvalue weighted by molar-refractivity contribution is 5.89. The summed E-state index contributed by atoms with van der Waals surface area (Å²) in [4.78, 5) is 21.8. The fourth-order valence-corrected chi connectivity index (χ4v) is 2.46. The number of halogens is 6. The SMILES string of the molecule is O=C(NNc1nc(C(F)(F)F)nc(-c2ccncc2)c1-c1ccccc1)C(F)(F)F. The van der Waals surface area contributed by atoms with Gasteiger partial charge >= 0.3 is 18.3 Å². The molecule has 0 aliphatic heterocycles. The number of nitrogens with zero attached hydrogens (tertiary/aromatic N) is 3. The van der Waals surface area contributed by atoms with Gasteiger partial charge in [0.2, 0.25) is 5.82 Å². The van der Waals surface area contributed by atoms with E-state index in [0.717, 1.165) is 0 Å². The van der Waals surface area contributed by atoms with Crippen molar-refractivity contribution in [2.24, 2.45) is 0 Å². The van der Waals surface area contributed by atoms with E-state index in [1.807, 2.05) is 5.43 Å². The number of alkyl halides is 6. The average molecular weight is 427 g/mol. The van der Waals surface area contributed by atoms with Gasteiger partial charge in [-0.15, -0.1) is 0 Å². The number of carbonyl (C=O) groups excluding carboxylic acids is 1. The molecule has 0 unspecified atom stereocenters. The number of hydrogen-bond donors (Lipinski definition) is 2. The number of pyridine rings is 1. The molecule has 30 heavy (non-hydrogen) atoms. The van der Waals surface area contributed by atoms with Crippen molar-refractivity contribution < 1.29 is 31.1 Å². The van der Waals surface area contributed by atoms with Gasteiger partial charge in [0.15, 0.2) is 5.82 Å². The predicted octanol–water partition coefficient (Wildman–Crippen LogP) is 4.23. The summed E-state index contributed by atoms with van der Waals surface area (Å²) < 4.78 is 77.6. The van der Waals surface area contributed by atoms with E-state index in [4.69, 9.17) is 0 Å². The van der Waals surface area contributed by atoms with Gasteiger partial charge in [-0.1, -0.05) is 30.3 Å². The van der Waals surface area contributed by atoms with Crippen LogP contribution in [0.15, 0.2) is 54.9 Å². The Bertz CT molecular complexity index is 1040. The van der Waals surface area contributed by atoms with Crippen molar-refractivity contribution in [3.63, 3.8) is 0 Å². The topological polar surface area (TPSA) is 79.8 Å². The van der Waals surface area contributed by atoms with Gasteiger partial charge in [-0.25, -0.2) is 9.97 Å². The molecule has 0 spiro atoms. The molecule has 3 aromatic rings. The van der Waals surface area contributed by atoms with Gasteiger partial charge < -0.3 is 0 Å². The summed E-state index contributed by atoms with van der Waals surface area (Å²) in [6.07, 6.45) is -7.62. The molecule has 1 amide bonds. The third kappa shape index (κ3) is 4.64. The Labute approximate surface area is 165 Å². The largest absolute Gasteiger partial charge is 0.472 e. The quantitative estimate of drug-likeness (QED) is 0.481. The van der Waals surface area contributed by atoms with Gasteiger partial charge in [-0.3, -0.25) is 20.6 Å². The Morgan fingerprint density at radius 3 is 2.03 bits per heavy atom. The summed E-state index contributed by atoms with van der Waals surface area (Å²) in [7, 11) is 0. The summed E-state index contributed by atoms with van der Waals surface area (Å²) in [5.74, 6) is -4.66. The molecule has 0 aliphatic rings. The van der Waals surface area contributed by atoms with E-state index in [0.29, 0.717) is 5.56 Å². The highest BCUT2D eigenvalue weighted by Gasteiger charge is 2.40. The van der Waals surface area contributed by atoms with E-state index in [1.54, 1.807) is 18.2 Å². The lowest BCUT2D eigenvalue weighted by molar-refractivity contribution is -0.173. The van der Waals surface area contributed by atoms with Crippen LogP contribution in [0.2, 0.25) is 0 Å². The maximum atomic E-state index is 13.4. The van der Waals surface area contributed by atoms with E-state index in [2.05, 4.69) is 15.0 Å². The van der Waals surface area contributed by atoms with E-state index in [1.165, 1.54) is 42.1 Å². The van der Waals surface area contributed by atoms with E-state index in [9.17, 15) is 31.1 Å². The van der Waals surface area contributed by atoms with Crippen LogP contribution in [-0.4, -0.2) is 27.0 Å². The first-order chi connectivity index (χ1) is 14.1. The minimum Gasteiger partial charge on any atom is -0.281 e. The number of hydrazine groups is 1. The van der Waals surface area contributed by atoms with Crippen molar-refractivity contribution in [3.05, 3.63) is 60.7 Å². The van der Waals surface area contributed by atoms with Crippen molar-refractivity contribution in [1.82, 2.24) is 20.4 Å². The fraction of sp³-hybridized carbons (Fsp3) is 0.111. The minimum atomic E-state index is -5.26. The number of carbonyl (C=O) groups is 1. The number of benzene rings is 1. The highest BCUT2D eigenvalue weighted by Crippen LogP contribution is 2.38. The second-order valence-corrected chi connectivity index (χ2v) is 5.80. The molecule has 3 rings (SSSR count). The molecule has 0 saturated carbocycles. The molecule has 0 aliphatic carbocycles. The average Bonchev–Trinajstić information content (AvgIpc) is 2.71. The first-order valence-corrected chi connectivity index (χ1v) is 8.15. The molecule has 2 N–H and O–H groups in total. The number of anilines is 1. The second kappa shape index (κ2) is 7.97. The Hall–Kier alpha value is -3.70. The van der Waals surface area contributed by atoms with Crippen molar-refractivity contribution in [3.8, 4) is 22.4 Å². The third-order valence-corrected chi connectivity index (χ3v) is 3.73. The van der Waals surface area contributed by atoms with E-state index >= 15 is 0 Å². The molecular formula is C18H11F6N5O. The van der Waals surface area contributed by atoms with Gasteiger partial charge in [-0.2, -0.15) is 26.3 Å². The molecule has 0 bridgehead atoms. The lowest BCUT2D eigenvalue weighted by atomic mass is 10.00. The molecule has 0 radical (unpaired) electrons. The molecule has 6 nitrogen and oxygen atoms in total. The Morgan fingerprint density at radius 1 is 0.833 bits per heavy atom. The van der Waals surface area contributed by atoms with Crippen molar-refractivity contribution >= 4 is 11.7 Å². The van der Waals surface area contributed by atoms with Crippen LogP contribution in [0.5, 0.6) is 0 Å². The summed E-state index contributed by atoms with van der Waals surface area (Å²) in [6.45, 7) is 0. The molecule has 12 heteroatoms. The van der Waals surface area contributed by atoms with Crippen molar-refractivity contribution in [1.29, 1.82) is 0 Å². The summed E-state index contributed by atoms with van der Waals surface area (Å²) in [5.41, 5.74) is 3.44. The van der Waals surface area contributed by atoms with Crippen LogP contribution in [0.4, 0.5) is 32.2 Å². The molecule has 0 atom stereocenters. The van der Waals surface area contributed by atoms with Crippen LogP contribution in [0, 0.1) is 0 Å². The molecule has 0 saturated heterocycles. The van der Waals surface area contributed by atoms with Gasteiger partial charge in [-0.05, 0) is 17.7 Å². The van der Waals surface area contributed by atoms with Crippen LogP contribution in [-0.2, 0) is 11.0 Å². The summed E-state index contributed by atoms with van der Waals surface area (Å²) in [6, 6.07) is 10.6. The van der Waals surface area contributed by atoms with Gasteiger partial charge in [0.25, 0.3) is 0 Å². The Balaban J connectivity index is 2.23. The maximum Gasteiger partial charge on any atom is 0.472 e. The zero-order valence-corrected chi connectivity index (χ0v) is 14.7. The normalized spacial score (nSPS) is 11.8. The lowest BCUT2D eigenvalue weighted by Gasteiger charge is -2.18. The van der Waals surface area contributed by atoms with Gasteiger partial charge in [0.05, 0.1) is 11.3 Å². The maximum absolute atomic E-state index is 13.4. The summed E-state index contributed by atoms with van der Waals surface area (Å²) >= 11 is 0. The molecule has 2 aromatic heterocycles. The number of amides is 1. The van der Waals surface area contributed by atoms with Crippen LogP contribution in [0.25, 0.3) is 22.4 Å². The van der Waals surface area contributed by atoms with E-state index in [-0.39, 0.29) is 16.8 Å². The molecule has 156 valence electrons. The third-order valence-electron chi connectivity index (χ3n) is 3.73. The zero-order valence-electron chi connectivity index (χ0n) is 14.7. The van der Waals surface area contributed by atoms with E-state index < -0.39 is 29.9 Å². The monoisotopic (exact) mass is 427 g/mol. The predicted molar refractivity (Wildman–Crippen MR) is 93.5 cm³/mol. The van der Waals surface area contributed by atoms with Crippen LogP contribution in [0.3, 0.4) is 0 Å². The lowest BCUT2D eigenvalue weighted by Crippen LogP contribution is -2.40. The molecular weight excluding hydrogens is 416 g/mol. The Kier molecular flexibility index (Phi) is 5.58. The van der Waals surface area contributed by atoms with Crippen LogP contribution < -0.4 is 10.9 Å². The second-order valence-electron chi connectivity index (χ2n) is 5.80. The van der Waals surface area contributed by atoms with Gasteiger partial charge in [0.1, 0.15) is 0 Å². The standard InChI is InChI=1S/C18H11F6N5O/c19-17(20,21)15-26-13(11-6-8-25-9-7-11)12(10-4-2-1-3-5-10)14(27-15)28-29-16(30)18(22,23)24/h1-9H,(H,29,30)(H,26,27,28). The first kappa shape index (κ1) is 21.0. The first-order valence-electron chi connectivity index (χ1n) is 8.15. The van der Waals surface area contributed by atoms with Crippen LogP contribution in [0.1, 0.15) is 5.82 Å². The Morgan fingerprint density at radius 2 is 1.47 bits per heavy atom. The highest BCUT2D eigenvalue weighted by atomic mass is 19.4. The van der Waals surface area contributed by atoms with Gasteiger partial charge in [0, 0.05) is 18.0 Å². The summed E-state index contributed by atoms with van der Waals surface area (Å²) in [5, 5.41) is 0. The van der Waals surface area contributed by atoms with Crippen molar-refractivity contribution in [2.75, 3.05) is 5.43 Å². The zero-order chi connectivity index (χ0) is 21.9. The number of aromatic nitrogens is 3. The number of nitrogens with one attached hydrogen (secondary N) is 2. The number of rotatable bonds is 4. The fourth-order valence-electron chi connectivity index (χ4n) is 2.46. The number of hydrogen-bond acceptors (Lipinski definition) is 5.